The van der Waals surface area contributed by atoms with Gasteiger partial charge in [-0.1, -0.05) is 412 Å². The van der Waals surface area contributed by atoms with Gasteiger partial charge in [0.15, 0.2) is 0 Å². The Morgan fingerprint density at radius 2 is 0.570 bits per heavy atom. The Morgan fingerprint density at radius 3 is 0.916 bits per heavy atom. The van der Waals surface area contributed by atoms with Crippen molar-refractivity contribution in [2.75, 3.05) is 0 Å². The molecule has 5 aromatic heterocycles. The van der Waals surface area contributed by atoms with E-state index in [-0.39, 0.29) is 5.41 Å². The number of nitrogens with zero attached hydrogens (tertiary/aromatic N) is 5. The van der Waals surface area contributed by atoms with E-state index in [0.717, 1.165) is 11.2 Å². The number of aromatic nitrogens is 5. The van der Waals surface area contributed by atoms with E-state index >= 15 is 0 Å². The number of pyridine rings is 5. The van der Waals surface area contributed by atoms with Gasteiger partial charge in [0.05, 0.1) is 5.52 Å². The fourth-order valence-electron chi connectivity index (χ4n) is 9.06. The van der Waals surface area contributed by atoms with E-state index in [1.807, 2.05) is 222 Å². The number of hydrogen-bond acceptors (Lipinski definition) is 5. The molecule has 5 nitrogen and oxygen atoms in total. The summed E-state index contributed by atoms with van der Waals surface area (Å²) < 4.78 is 0. The lowest BCUT2D eigenvalue weighted by atomic mass is 9.92. The van der Waals surface area contributed by atoms with E-state index < -0.39 is 0 Å². The van der Waals surface area contributed by atoms with Crippen molar-refractivity contribution in [3.63, 3.8) is 0 Å². The van der Waals surface area contributed by atoms with Gasteiger partial charge in [-0.05, 0) is 150 Å². The van der Waals surface area contributed by atoms with Crippen molar-refractivity contribution < 1.29 is 0 Å². The van der Waals surface area contributed by atoms with Crippen molar-refractivity contribution in [3.05, 3.63) is 307 Å². The quantitative estimate of drug-likeness (QED) is 0.159. The van der Waals surface area contributed by atoms with Gasteiger partial charge in [-0.3, -0.25) is 24.9 Å². The third-order valence-electron chi connectivity index (χ3n) is 15.0. The van der Waals surface area contributed by atoms with E-state index in [9.17, 15) is 0 Å². The molecule has 0 aliphatic heterocycles. The van der Waals surface area contributed by atoms with Crippen molar-refractivity contribution in [2.45, 2.75) is 289 Å². The van der Waals surface area contributed by atoms with Gasteiger partial charge in [-0.2, -0.15) is 0 Å². The first kappa shape index (κ1) is 107. The highest BCUT2D eigenvalue weighted by atomic mass is 14.7. The molecular formula is C102H155N5. The maximum atomic E-state index is 4.41. The minimum atomic E-state index is 0.182. The lowest BCUT2D eigenvalue weighted by Crippen LogP contribution is -2.12. The number of hydrogen-bond donors (Lipinski definition) is 0. The molecule has 0 radical (unpaired) electrons. The lowest BCUT2D eigenvalue weighted by molar-refractivity contribution is 0.569. The molecule has 12 rings (SSSR count). The summed E-state index contributed by atoms with van der Waals surface area (Å²) in [5, 5.41) is 9.06. The highest BCUT2D eigenvalue weighted by Gasteiger charge is 2.13. The molecule has 0 unspecified atom stereocenters. The van der Waals surface area contributed by atoms with Gasteiger partial charge in [0, 0.05) is 71.0 Å². The number of para-hydroxylation sites is 1. The van der Waals surface area contributed by atoms with Crippen LogP contribution in [0, 0.1) is 0 Å². The Morgan fingerprint density at radius 1 is 0.215 bits per heavy atom. The molecule has 0 fully saturated rings. The van der Waals surface area contributed by atoms with Crippen LogP contribution in [-0.4, -0.2) is 24.9 Å². The summed E-state index contributed by atoms with van der Waals surface area (Å²) in [5.41, 5.74) is 11.8. The number of fused-ring (bicyclic) bond motifs is 4. The molecule has 0 saturated carbocycles. The summed E-state index contributed by atoms with van der Waals surface area (Å²) in [5.74, 6) is 4.16. The smallest absolute Gasteiger partial charge is 0.0702 e. The Kier molecular flexibility index (Phi) is 69.1. The molecule has 0 atom stereocenters. The summed E-state index contributed by atoms with van der Waals surface area (Å²) in [4.78, 5) is 21.0. The van der Waals surface area contributed by atoms with Crippen LogP contribution in [0.3, 0.4) is 0 Å². The molecule has 5 heteroatoms. The maximum Gasteiger partial charge on any atom is 0.0702 e. The van der Waals surface area contributed by atoms with E-state index in [1.54, 1.807) is 6.20 Å². The maximum absolute atomic E-state index is 4.41. The van der Waals surface area contributed by atoms with Crippen LogP contribution in [0.15, 0.2) is 262 Å². The van der Waals surface area contributed by atoms with E-state index in [0.29, 0.717) is 41.4 Å². The third-order valence-corrected chi connectivity index (χ3v) is 15.0. The van der Waals surface area contributed by atoms with Crippen LogP contribution in [0.5, 0.6) is 0 Å². The molecule has 588 valence electrons. The number of rotatable bonds is 7. The van der Waals surface area contributed by atoms with Crippen LogP contribution in [0.2, 0.25) is 0 Å². The third kappa shape index (κ3) is 46.9. The molecule has 0 spiro atoms. The van der Waals surface area contributed by atoms with Crippen LogP contribution >= 0.6 is 0 Å². The van der Waals surface area contributed by atoms with Gasteiger partial charge in [0.25, 0.3) is 0 Å². The minimum absolute atomic E-state index is 0.182. The molecule has 0 saturated heterocycles. The summed E-state index contributed by atoms with van der Waals surface area (Å²) in [6, 6.07) is 76.0. The molecule has 0 aliphatic carbocycles. The van der Waals surface area contributed by atoms with Crippen molar-refractivity contribution in [3.8, 4) is 0 Å². The highest BCUT2D eigenvalue weighted by molar-refractivity contribution is 5.84. The van der Waals surface area contributed by atoms with Gasteiger partial charge in [0.2, 0.25) is 0 Å². The Labute approximate surface area is 659 Å². The molecule has 12 aromatic rings. The molecule has 0 amide bonds. The molecular weight excluding hydrogens is 1300 g/mol. The number of benzene rings is 7. The topological polar surface area (TPSA) is 64.5 Å². The van der Waals surface area contributed by atoms with Gasteiger partial charge in [-0.15, -0.1) is 0 Å². The summed E-state index contributed by atoms with van der Waals surface area (Å²) in [6.45, 7) is 73.2. The van der Waals surface area contributed by atoms with Gasteiger partial charge in [0.1, 0.15) is 0 Å². The highest BCUT2D eigenvalue weighted by Crippen LogP contribution is 2.24. The SMILES string of the molecule is CC.CC.CC.CC.CC.CC.CC.CC.CC.CC(C)(C)c1ccccn1.CC(C)c1cc2ccccc2cn1.CC(C)c1ccc2ccccc2c1.CC(C)c1ccc2ccccc2c1.CC(C)c1ccccc1.CC(C)c1cccnc1.CC(C)c1ccncc1.CC(C)c1cnc2ccccc2c1. The second-order valence-corrected chi connectivity index (χ2v) is 25.7. The van der Waals surface area contributed by atoms with Crippen LogP contribution < -0.4 is 0 Å². The minimum Gasteiger partial charge on any atom is -0.265 e. The first-order valence-corrected chi connectivity index (χ1v) is 41.0. The van der Waals surface area contributed by atoms with E-state index in [4.69, 9.17) is 0 Å². The molecule has 0 bridgehead atoms. The van der Waals surface area contributed by atoms with Crippen LogP contribution in [0.1, 0.15) is 329 Å². The molecule has 0 N–H and O–H groups in total. The van der Waals surface area contributed by atoms with Crippen molar-refractivity contribution in [1.29, 1.82) is 0 Å². The molecule has 107 heavy (non-hydrogen) atoms. The van der Waals surface area contributed by atoms with Crippen molar-refractivity contribution in [2.24, 2.45) is 0 Å². The molecule has 5 heterocycles. The monoisotopic (exact) mass is 1450 g/mol. The Bertz CT molecular complexity index is 3430. The van der Waals surface area contributed by atoms with Gasteiger partial charge >= 0.3 is 0 Å². The van der Waals surface area contributed by atoms with Crippen LogP contribution in [0.4, 0.5) is 0 Å². The average molecular weight is 1450 g/mol. The molecule has 7 aromatic carbocycles. The zero-order chi connectivity index (χ0) is 82.7. The van der Waals surface area contributed by atoms with Crippen molar-refractivity contribution >= 4 is 43.2 Å². The fraction of sp³-hybridized carbons (Fsp3) is 0.422. The Hall–Kier alpha value is -8.67. The Balaban J connectivity index is -0.000000360. The largest absolute Gasteiger partial charge is 0.265 e. The zero-order valence-electron chi connectivity index (χ0n) is 74.6. The van der Waals surface area contributed by atoms with E-state index in [2.05, 4.69) is 300 Å². The first-order valence-electron chi connectivity index (χ1n) is 41.0. The van der Waals surface area contributed by atoms with Gasteiger partial charge in [-0.25, -0.2) is 0 Å². The summed E-state index contributed by atoms with van der Waals surface area (Å²) in [6.07, 6.45) is 13.1. The van der Waals surface area contributed by atoms with Crippen molar-refractivity contribution in [1.82, 2.24) is 24.9 Å². The average Bonchev–Trinajstić information content (AvgIpc) is 0.856. The standard InChI is InChI=1S/2C13H14.2C12H13N.C9H13N.C9H12.2C8H11N.9C2H6/c2*1-10(2)12-8-7-11-5-3-4-6-13(11)9-12;1-9(2)11-7-10-5-3-4-6-12(10)13-8-11;1-9(2)12-7-10-5-3-4-6-11(10)8-13-12;1-9(2,3)8-6-4-5-7-10-8;1-8(2)9-6-4-3-5-7-9;1-7(2)8-3-5-9-6-4-8;1-7(2)8-4-3-5-9-6-8;9*1-2/h2*3-10H,1-2H3;2*3-9H,1-2H3;4-7H,1-3H3;3-8H,1-2H3;2*3-7H,1-2H3;9*1-2H3. The predicted octanol–water partition coefficient (Wildman–Crippen LogP) is 33.5. The second kappa shape index (κ2) is 69.1. The lowest BCUT2D eigenvalue weighted by Gasteiger charge is -2.16. The first-order chi connectivity index (χ1) is 51.6. The fourth-order valence-corrected chi connectivity index (χ4v) is 9.06. The second-order valence-electron chi connectivity index (χ2n) is 25.7. The van der Waals surface area contributed by atoms with Gasteiger partial charge < -0.3 is 0 Å². The summed E-state index contributed by atoms with van der Waals surface area (Å²) in [7, 11) is 0. The predicted molar refractivity (Wildman–Crippen MR) is 490 cm³/mol. The van der Waals surface area contributed by atoms with Crippen LogP contribution in [0.25, 0.3) is 43.2 Å². The van der Waals surface area contributed by atoms with Crippen LogP contribution in [-0.2, 0) is 5.41 Å². The summed E-state index contributed by atoms with van der Waals surface area (Å²) >= 11 is 0. The zero-order valence-corrected chi connectivity index (χ0v) is 74.6. The molecule has 0 aliphatic rings. The normalized spacial score (nSPS) is 9.48. The van der Waals surface area contributed by atoms with E-state index in [1.165, 1.54) is 76.8 Å².